The predicted octanol–water partition coefficient (Wildman–Crippen LogP) is -5.99. The summed E-state index contributed by atoms with van der Waals surface area (Å²) in [4.78, 5) is 83.4. The molecule has 1 aromatic carbocycles. The lowest BCUT2D eigenvalue weighted by Gasteiger charge is -2.42. The van der Waals surface area contributed by atoms with Crippen molar-refractivity contribution in [1.82, 2.24) is 26.2 Å². The number of rotatable bonds is 11. The van der Waals surface area contributed by atoms with Crippen LogP contribution in [0, 0.1) is 0 Å². The van der Waals surface area contributed by atoms with Crippen molar-refractivity contribution >= 4 is 41.5 Å². The molecule has 2 fully saturated rings. The van der Waals surface area contributed by atoms with Crippen LogP contribution in [0.25, 0.3) is 0 Å². The molecule has 0 spiro atoms. The first-order chi connectivity index (χ1) is 23.7. The van der Waals surface area contributed by atoms with Crippen molar-refractivity contribution < 1.29 is 59.0 Å². The van der Waals surface area contributed by atoms with Crippen LogP contribution < -0.4 is 32.7 Å². The lowest BCUT2D eigenvalue weighted by molar-refractivity contribution is -0.232. The summed E-state index contributed by atoms with van der Waals surface area (Å²) in [5, 5.41) is 60.0. The quantitative estimate of drug-likeness (QED) is 0.0579. The monoisotopic (exact) mass is 708 g/mol. The first-order valence-corrected chi connectivity index (χ1v) is 15.8. The third-order valence-corrected chi connectivity index (χ3v) is 7.99. The fourth-order valence-electron chi connectivity index (χ4n) is 5.43. The highest BCUT2D eigenvalue weighted by molar-refractivity contribution is 5.97. The summed E-state index contributed by atoms with van der Waals surface area (Å²) < 4.78 is 5.58. The van der Waals surface area contributed by atoms with Crippen LogP contribution in [0.1, 0.15) is 24.8 Å². The zero-order valence-electron chi connectivity index (χ0n) is 27.0. The van der Waals surface area contributed by atoms with E-state index in [1.807, 2.05) is 0 Å². The number of ether oxygens (including phenoxy) is 1. The van der Waals surface area contributed by atoms with Crippen molar-refractivity contribution in [2.75, 3.05) is 32.8 Å². The summed E-state index contributed by atoms with van der Waals surface area (Å²) in [7, 11) is 0. The number of carboxylic acid groups (broad SMARTS) is 1. The van der Waals surface area contributed by atoms with Gasteiger partial charge in [0.1, 0.15) is 48.6 Å². The van der Waals surface area contributed by atoms with E-state index in [1.54, 1.807) is 30.3 Å². The number of aliphatic carboxylic acids is 1. The number of hydrogen-bond acceptors (Lipinski definition) is 12. The van der Waals surface area contributed by atoms with E-state index in [2.05, 4.69) is 26.3 Å². The minimum Gasteiger partial charge on any atom is -0.481 e. The summed E-state index contributed by atoms with van der Waals surface area (Å²) in [6, 6.07) is 3.86. The summed E-state index contributed by atoms with van der Waals surface area (Å²) >= 11 is 0. The summed E-state index contributed by atoms with van der Waals surface area (Å²) in [6.07, 6.45) is -9.04. The molecular formula is C30H44N8O12. The van der Waals surface area contributed by atoms with Crippen LogP contribution in [0.3, 0.4) is 0 Å². The maximum absolute atomic E-state index is 14.3. The molecular weight excluding hydrogens is 664 g/mol. The SMILES string of the molecule is NC(N)=NCCC[C@@H]1NC(=O)CN(C[C@@H]2O[C@H](CO)[C@@H](O)[C@H](O)[C@H]2O)C(=O)[C@@H](Cc2ccccc2)NC(=O)[C@H](CC(=O)O)NC(=O)CNC1=O. The van der Waals surface area contributed by atoms with E-state index in [4.69, 9.17) is 16.2 Å². The van der Waals surface area contributed by atoms with Gasteiger partial charge in [-0.2, -0.15) is 0 Å². The number of nitrogens with two attached hydrogens (primary N) is 2. The number of amides is 5. The third kappa shape index (κ3) is 11.6. The molecule has 13 N–H and O–H groups in total. The second-order valence-corrected chi connectivity index (χ2v) is 11.8. The van der Waals surface area contributed by atoms with Gasteiger partial charge in [0.2, 0.25) is 29.5 Å². The fourth-order valence-corrected chi connectivity index (χ4v) is 5.43. The van der Waals surface area contributed by atoms with Gasteiger partial charge < -0.3 is 67.9 Å². The van der Waals surface area contributed by atoms with Gasteiger partial charge >= 0.3 is 5.97 Å². The topological polar surface area (TPSA) is 329 Å². The van der Waals surface area contributed by atoms with Crippen molar-refractivity contribution in [2.45, 2.75) is 74.3 Å². The van der Waals surface area contributed by atoms with Gasteiger partial charge in [0.15, 0.2) is 5.96 Å². The van der Waals surface area contributed by atoms with Crippen LogP contribution in [-0.2, 0) is 39.9 Å². The third-order valence-electron chi connectivity index (χ3n) is 7.99. The molecule has 0 radical (unpaired) electrons. The maximum atomic E-state index is 14.3. The van der Waals surface area contributed by atoms with E-state index in [0.29, 0.717) is 5.56 Å². The van der Waals surface area contributed by atoms with Gasteiger partial charge in [0.25, 0.3) is 0 Å². The fraction of sp³-hybridized carbons (Fsp3) is 0.567. The van der Waals surface area contributed by atoms with Crippen molar-refractivity contribution in [3.8, 4) is 0 Å². The molecule has 0 bridgehead atoms. The first-order valence-electron chi connectivity index (χ1n) is 15.8. The second kappa shape index (κ2) is 18.8. The number of carbonyl (C=O) groups is 6. The summed E-state index contributed by atoms with van der Waals surface area (Å²) in [5.74, 6) is -6.32. The number of benzene rings is 1. The van der Waals surface area contributed by atoms with Crippen LogP contribution in [0.15, 0.2) is 35.3 Å². The molecule has 2 aliphatic heterocycles. The van der Waals surface area contributed by atoms with Gasteiger partial charge in [-0.15, -0.1) is 0 Å². The molecule has 0 unspecified atom stereocenters. The zero-order chi connectivity index (χ0) is 37.0. The molecule has 0 aliphatic carbocycles. The van der Waals surface area contributed by atoms with Gasteiger partial charge in [-0.3, -0.25) is 33.8 Å². The molecule has 3 rings (SSSR count). The molecule has 276 valence electrons. The molecule has 20 heteroatoms. The molecule has 2 aliphatic rings. The molecule has 2 heterocycles. The molecule has 2 saturated heterocycles. The van der Waals surface area contributed by atoms with Crippen molar-refractivity contribution in [2.24, 2.45) is 16.5 Å². The van der Waals surface area contributed by atoms with Crippen molar-refractivity contribution in [3.63, 3.8) is 0 Å². The van der Waals surface area contributed by atoms with E-state index < -0.39 is 117 Å². The summed E-state index contributed by atoms with van der Waals surface area (Å²) in [6.45, 7) is -2.79. The minimum absolute atomic E-state index is 0.0328. The number of carboxylic acids is 1. The number of aliphatic hydroxyl groups excluding tert-OH is 4. The lowest BCUT2D eigenvalue weighted by Crippen LogP contribution is -2.63. The Labute approximate surface area is 286 Å². The number of aliphatic hydroxyl groups is 4. The molecule has 5 amide bonds. The Kier molecular flexibility index (Phi) is 14.8. The Morgan fingerprint density at radius 1 is 0.880 bits per heavy atom. The average molecular weight is 709 g/mol. The Balaban J connectivity index is 2.04. The number of guanidine groups is 1. The van der Waals surface area contributed by atoms with Crippen molar-refractivity contribution in [1.29, 1.82) is 0 Å². The largest absolute Gasteiger partial charge is 0.481 e. The smallest absolute Gasteiger partial charge is 0.305 e. The van der Waals surface area contributed by atoms with Gasteiger partial charge in [-0.1, -0.05) is 30.3 Å². The van der Waals surface area contributed by atoms with E-state index in [9.17, 15) is 54.3 Å². The highest BCUT2D eigenvalue weighted by Gasteiger charge is 2.45. The Bertz CT molecular complexity index is 1390. The van der Waals surface area contributed by atoms with Crippen LogP contribution in [0.2, 0.25) is 0 Å². The minimum atomic E-state index is -1.81. The van der Waals surface area contributed by atoms with Crippen LogP contribution >= 0.6 is 0 Å². The lowest BCUT2D eigenvalue weighted by atomic mass is 9.94. The molecule has 0 saturated carbocycles. The predicted molar refractivity (Wildman–Crippen MR) is 171 cm³/mol. The Morgan fingerprint density at radius 3 is 2.18 bits per heavy atom. The second-order valence-electron chi connectivity index (χ2n) is 11.8. The Hall–Kier alpha value is -4.89. The van der Waals surface area contributed by atoms with Crippen LogP contribution in [0.5, 0.6) is 0 Å². The van der Waals surface area contributed by atoms with E-state index in [-0.39, 0.29) is 31.8 Å². The number of hydrogen-bond donors (Lipinski definition) is 11. The maximum Gasteiger partial charge on any atom is 0.305 e. The van der Waals surface area contributed by atoms with Gasteiger partial charge in [0.05, 0.1) is 32.7 Å². The molecule has 1 aromatic rings. The van der Waals surface area contributed by atoms with Gasteiger partial charge in [-0.05, 0) is 18.4 Å². The van der Waals surface area contributed by atoms with Crippen molar-refractivity contribution in [3.05, 3.63) is 35.9 Å². The van der Waals surface area contributed by atoms with E-state index in [0.717, 1.165) is 4.90 Å². The van der Waals surface area contributed by atoms with E-state index >= 15 is 0 Å². The summed E-state index contributed by atoms with van der Waals surface area (Å²) in [5.41, 5.74) is 11.2. The highest BCUT2D eigenvalue weighted by atomic mass is 16.5. The zero-order valence-corrected chi connectivity index (χ0v) is 27.0. The van der Waals surface area contributed by atoms with Crippen LogP contribution in [0.4, 0.5) is 0 Å². The molecule has 50 heavy (non-hydrogen) atoms. The highest BCUT2D eigenvalue weighted by Crippen LogP contribution is 2.22. The van der Waals surface area contributed by atoms with E-state index in [1.165, 1.54) is 0 Å². The standard InChI is InChI=1S/C30H44N8O12/c31-30(32)33-8-4-7-16-27(47)34-11-21(40)36-17(10-23(42)43)28(48)37-18(9-15-5-2-1-3-6-15)29(49)38(13-22(41)35-16)12-19-24(44)26(46)25(45)20(14-39)50-19/h1-3,5-6,16-20,24-26,39,44-46H,4,7-14H2,(H,34,47)(H,35,41)(H,36,40)(H,37,48)(H,42,43)(H4,31,32,33)/t16-,17-,18+,19-,20+,24-,25+,26+/m0/s1. The molecule has 8 atom stereocenters. The number of carbonyl (C=O) groups excluding carboxylic acids is 5. The number of nitrogens with zero attached hydrogens (tertiary/aromatic N) is 2. The normalized spacial score (nSPS) is 28.6. The first kappa shape index (κ1) is 39.5. The number of nitrogens with one attached hydrogen (secondary N) is 4. The van der Waals surface area contributed by atoms with Gasteiger partial charge in [0, 0.05) is 13.0 Å². The Morgan fingerprint density at radius 2 is 1.54 bits per heavy atom. The average Bonchev–Trinajstić information content (AvgIpc) is 3.07. The van der Waals surface area contributed by atoms with Crippen LogP contribution in [-0.4, -0.2) is 153 Å². The number of aliphatic imine (C=N–C) groups is 1. The molecule has 0 aromatic heterocycles. The van der Waals surface area contributed by atoms with Gasteiger partial charge in [-0.25, -0.2) is 0 Å². The molecule has 20 nitrogen and oxygen atoms in total.